The van der Waals surface area contributed by atoms with Gasteiger partial charge in [0, 0.05) is 50.0 Å². The van der Waals surface area contributed by atoms with Crippen molar-refractivity contribution < 1.29 is 5.11 Å². The van der Waals surface area contributed by atoms with Gasteiger partial charge in [0.15, 0.2) is 0 Å². The van der Waals surface area contributed by atoms with E-state index < -0.39 is 0 Å². The van der Waals surface area contributed by atoms with Gasteiger partial charge in [0.25, 0.3) is 0 Å². The molecule has 4 heteroatoms. The molecule has 0 amide bonds. The molecule has 1 aliphatic carbocycles. The van der Waals surface area contributed by atoms with Crippen molar-refractivity contribution in [3.63, 3.8) is 0 Å². The first-order valence-electron chi connectivity index (χ1n) is 9.22. The number of fused-ring (bicyclic) bond motifs is 1. The van der Waals surface area contributed by atoms with Gasteiger partial charge >= 0.3 is 0 Å². The van der Waals surface area contributed by atoms with Gasteiger partial charge in [-0.15, -0.1) is 0 Å². The van der Waals surface area contributed by atoms with Crippen LogP contribution in [0.4, 0.5) is 11.4 Å². The highest BCUT2D eigenvalue weighted by Crippen LogP contribution is 2.30. The van der Waals surface area contributed by atoms with Crippen molar-refractivity contribution in [2.75, 3.05) is 36.8 Å². The molecule has 0 saturated carbocycles. The largest absolute Gasteiger partial charge is 0.398 e. The van der Waals surface area contributed by atoms with Gasteiger partial charge in [0.1, 0.15) is 0 Å². The average Bonchev–Trinajstić information content (AvgIpc) is 2.62. The van der Waals surface area contributed by atoms with Crippen LogP contribution in [-0.4, -0.2) is 48.3 Å². The number of aryl methyl sites for hydroxylation is 1. The Morgan fingerprint density at radius 3 is 2.52 bits per heavy atom. The van der Waals surface area contributed by atoms with Crippen LogP contribution in [0.15, 0.2) is 42.5 Å². The van der Waals surface area contributed by atoms with Gasteiger partial charge in [0.2, 0.25) is 0 Å². The summed E-state index contributed by atoms with van der Waals surface area (Å²) in [5.41, 5.74) is 12.1. The number of aliphatic hydroxyl groups is 1. The molecule has 1 aliphatic heterocycles. The van der Waals surface area contributed by atoms with Crippen LogP contribution in [0.1, 0.15) is 16.7 Å². The lowest BCUT2D eigenvalue weighted by Gasteiger charge is -2.44. The predicted molar refractivity (Wildman–Crippen MR) is 103 cm³/mol. The van der Waals surface area contributed by atoms with Crippen molar-refractivity contribution in [2.45, 2.75) is 31.9 Å². The van der Waals surface area contributed by atoms with E-state index in [9.17, 15) is 5.11 Å². The topological polar surface area (TPSA) is 52.7 Å². The average molecular weight is 337 g/mol. The number of hydrogen-bond acceptors (Lipinski definition) is 4. The van der Waals surface area contributed by atoms with E-state index in [2.05, 4.69) is 47.1 Å². The summed E-state index contributed by atoms with van der Waals surface area (Å²) < 4.78 is 0. The number of nitrogens with two attached hydrogens (primary N) is 1. The molecule has 0 aromatic heterocycles. The molecule has 132 valence electrons. The number of anilines is 2. The van der Waals surface area contributed by atoms with E-state index in [1.54, 1.807) is 0 Å². The van der Waals surface area contributed by atoms with Crippen LogP contribution in [0.2, 0.25) is 0 Å². The van der Waals surface area contributed by atoms with E-state index in [0.717, 1.165) is 38.3 Å². The zero-order chi connectivity index (χ0) is 17.4. The highest BCUT2D eigenvalue weighted by atomic mass is 16.3. The first-order chi connectivity index (χ1) is 12.1. The third-order valence-corrected chi connectivity index (χ3v) is 5.75. The maximum absolute atomic E-state index is 10.7. The molecule has 25 heavy (non-hydrogen) atoms. The van der Waals surface area contributed by atoms with Crippen LogP contribution in [0.25, 0.3) is 0 Å². The van der Waals surface area contributed by atoms with Crippen LogP contribution < -0.4 is 10.6 Å². The lowest BCUT2D eigenvalue weighted by molar-refractivity contribution is 0.0397. The van der Waals surface area contributed by atoms with Gasteiger partial charge in [-0.2, -0.15) is 0 Å². The molecule has 3 N–H and O–H groups in total. The molecule has 2 aromatic carbocycles. The van der Waals surface area contributed by atoms with Crippen molar-refractivity contribution in [1.82, 2.24) is 4.90 Å². The molecule has 0 radical (unpaired) electrons. The van der Waals surface area contributed by atoms with Crippen LogP contribution in [0.5, 0.6) is 0 Å². The molecule has 1 fully saturated rings. The number of benzene rings is 2. The standard InChI is InChI=1S/C21H27N3O/c1-15-4-2-6-17(12-15)23-8-10-24(11-9-23)20-14-18-16(13-21(20)25)5-3-7-19(18)22/h2-7,12,20-21,25H,8-11,13-14,22H2,1H3/t20-,21-/m1/s1. The lowest BCUT2D eigenvalue weighted by Crippen LogP contribution is -2.56. The van der Waals surface area contributed by atoms with E-state index in [1.165, 1.54) is 22.4 Å². The Bertz CT molecular complexity index is 753. The van der Waals surface area contributed by atoms with E-state index in [1.807, 2.05) is 12.1 Å². The molecule has 1 saturated heterocycles. The Hall–Kier alpha value is -2.04. The number of piperazine rings is 1. The summed E-state index contributed by atoms with van der Waals surface area (Å²) >= 11 is 0. The normalized spacial score (nSPS) is 24.2. The van der Waals surface area contributed by atoms with Gasteiger partial charge in [-0.25, -0.2) is 0 Å². The summed E-state index contributed by atoms with van der Waals surface area (Å²) in [6.07, 6.45) is 1.26. The molecule has 1 heterocycles. The monoisotopic (exact) mass is 337 g/mol. The summed E-state index contributed by atoms with van der Waals surface area (Å²) in [6, 6.07) is 14.9. The summed E-state index contributed by atoms with van der Waals surface area (Å²) in [5.74, 6) is 0. The third-order valence-electron chi connectivity index (χ3n) is 5.75. The molecular weight excluding hydrogens is 310 g/mol. The quantitative estimate of drug-likeness (QED) is 0.825. The van der Waals surface area contributed by atoms with Crippen molar-refractivity contribution in [2.24, 2.45) is 0 Å². The molecule has 4 rings (SSSR count). The Morgan fingerprint density at radius 2 is 1.76 bits per heavy atom. The Morgan fingerprint density at radius 1 is 1.00 bits per heavy atom. The Balaban J connectivity index is 1.45. The first kappa shape index (κ1) is 16.4. The molecule has 0 unspecified atom stereocenters. The molecule has 2 atom stereocenters. The van der Waals surface area contributed by atoms with Crippen LogP contribution >= 0.6 is 0 Å². The molecule has 2 aliphatic rings. The SMILES string of the molecule is Cc1cccc(N2CCN([C@@H]3Cc4c(N)cccc4C[C@H]3O)CC2)c1. The minimum Gasteiger partial charge on any atom is -0.398 e. The minimum absolute atomic E-state index is 0.178. The fourth-order valence-corrected chi connectivity index (χ4v) is 4.31. The molecule has 4 nitrogen and oxygen atoms in total. The highest BCUT2D eigenvalue weighted by molar-refractivity contribution is 5.53. The van der Waals surface area contributed by atoms with E-state index >= 15 is 0 Å². The fourth-order valence-electron chi connectivity index (χ4n) is 4.31. The number of nitrogen functional groups attached to an aromatic ring is 1. The van der Waals surface area contributed by atoms with Gasteiger partial charge in [-0.05, 0) is 48.2 Å². The second kappa shape index (κ2) is 6.70. The lowest BCUT2D eigenvalue weighted by atomic mass is 9.84. The second-order valence-electron chi connectivity index (χ2n) is 7.39. The van der Waals surface area contributed by atoms with E-state index in [0.29, 0.717) is 6.42 Å². The molecule has 0 bridgehead atoms. The van der Waals surface area contributed by atoms with Crippen molar-refractivity contribution >= 4 is 11.4 Å². The smallest absolute Gasteiger partial charge is 0.0739 e. The maximum Gasteiger partial charge on any atom is 0.0739 e. The van der Waals surface area contributed by atoms with Crippen molar-refractivity contribution in [3.8, 4) is 0 Å². The van der Waals surface area contributed by atoms with Crippen molar-refractivity contribution in [3.05, 3.63) is 59.2 Å². The second-order valence-corrected chi connectivity index (χ2v) is 7.39. The van der Waals surface area contributed by atoms with Crippen LogP contribution in [0, 0.1) is 6.92 Å². The fraction of sp³-hybridized carbons (Fsp3) is 0.429. The summed E-state index contributed by atoms with van der Waals surface area (Å²) in [4.78, 5) is 4.90. The molecule has 2 aromatic rings. The maximum atomic E-state index is 10.7. The van der Waals surface area contributed by atoms with Gasteiger partial charge in [-0.1, -0.05) is 24.3 Å². The highest BCUT2D eigenvalue weighted by Gasteiger charge is 2.34. The Kier molecular flexibility index (Phi) is 4.40. The number of rotatable bonds is 2. The van der Waals surface area contributed by atoms with Gasteiger partial charge in [-0.3, -0.25) is 4.90 Å². The van der Waals surface area contributed by atoms with E-state index in [-0.39, 0.29) is 12.1 Å². The first-order valence-corrected chi connectivity index (χ1v) is 9.22. The Labute approximate surface area is 149 Å². The third kappa shape index (κ3) is 3.24. The van der Waals surface area contributed by atoms with Gasteiger partial charge < -0.3 is 15.7 Å². The molecule has 0 spiro atoms. The minimum atomic E-state index is -0.306. The zero-order valence-corrected chi connectivity index (χ0v) is 14.9. The molecular formula is C21H27N3O. The number of nitrogens with zero attached hydrogens (tertiary/aromatic N) is 2. The summed E-state index contributed by atoms with van der Waals surface area (Å²) in [6.45, 7) is 6.11. The van der Waals surface area contributed by atoms with E-state index in [4.69, 9.17) is 5.73 Å². The number of hydrogen-bond donors (Lipinski definition) is 2. The van der Waals surface area contributed by atoms with Crippen molar-refractivity contribution in [1.29, 1.82) is 0 Å². The summed E-state index contributed by atoms with van der Waals surface area (Å²) in [5, 5.41) is 10.7. The van der Waals surface area contributed by atoms with Gasteiger partial charge in [0.05, 0.1) is 6.10 Å². The van der Waals surface area contributed by atoms with Crippen LogP contribution in [0.3, 0.4) is 0 Å². The predicted octanol–water partition coefficient (Wildman–Crippen LogP) is 2.23. The number of aliphatic hydroxyl groups excluding tert-OH is 1. The summed E-state index contributed by atoms with van der Waals surface area (Å²) in [7, 11) is 0. The van der Waals surface area contributed by atoms with Crippen LogP contribution in [-0.2, 0) is 12.8 Å². The zero-order valence-electron chi connectivity index (χ0n) is 14.9.